The van der Waals surface area contributed by atoms with Crippen LogP contribution >= 0.6 is 0 Å². The van der Waals surface area contributed by atoms with E-state index >= 15 is 0 Å². The third-order valence-electron chi connectivity index (χ3n) is 4.36. The van der Waals surface area contributed by atoms with E-state index in [0.29, 0.717) is 18.7 Å². The molecule has 0 aliphatic carbocycles. The fraction of sp³-hybridized carbons (Fsp3) is 0.529. The number of benzene rings is 1. The van der Waals surface area contributed by atoms with Crippen molar-refractivity contribution in [3.8, 4) is 5.75 Å². The van der Waals surface area contributed by atoms with Crippen molar-refractivity contribution in [2.75, 3.05) is 24.6 Å². The second kappa shape index (κ2) is 6.48. The van der Waals surface area contributed by atoms with Gasteiger partial charge in [0.05, 0.1) is 24.8 Å². The predicted octanol–water partition coefficient (Wildman–Crippen LogP) is 2.20. The molecule has 5 nitrogen and oxygen atoms in total. The molecule has 0 aromatic heterocycles. The monoisotopic (exact) mass is 302 g/mol. The molecular weight excluding hydrogens is 280 g/mol. The quantitative estimate of drug-likeness (QED) is 0.800. The SMILES string of the molecule is CCOc1ccc(N2C(=O)C[C@H](N3CCCCC3)C2=O)cc1. The first kappa shape index (κ1) is 15.0. The van der Waals surface area contributed by atoms with Crippen LogP contribution in [0.5, 0.6) is 5.75 Å². The van der Waals surface area contributed by atoms with Gasteiger partial charge in [0.25, 0.3) is 5.91 Å². The lowest BCUT2D eigenvalue weighted by molar-refractivity contribution is -0.123. The summed E-state index contributed by atoms with van der Waals surface area (Å²) in [6.45, 7) is 4.35. The van der Waals surface area contributed by atoms with Crippen molar-refractivity contribution in [3.63, 3.8) is 0 Å². The second-order valence-corrected chi connectivity index (χ2v) is 5.81. The molecule has 2 fully saturated rings. The predicted molar refractivity (Wildman–Crippen MR) is 83.9 cm³/mol. The number of piperidine rings is 1. The molecule has 1 aromatic carbocycles. The summed E-state index contributed by atoms with van der Waals surface area (Å²) in [5, 5.41) is 0. The summed E-state index contributed by atoms with van der Waals surface area (Å²) in [6, 6.07) is 6.87. The average Bonchev–Trinajstić information content (AvgIpc) is 2.84. The Hall–Kier alpha value is -1.88. The second-order valence-electron chi connectivity index (χ2n) is 5.81. The average molecular weight is 302 g/mol. The Labute approximate surface area is 130 Å². The number of likely N-dealkylation sites (tertiary alicyclic amines) is 1. The van der Waals surface area contributed by atoms with Crippen molar-refractivity contribution in [2.45, 2.75) is 38.6 Å². The maximum Gasteiger partial charge on any atom is 0.251 e. The van der Waals surface area contributed by atoms with Crippen molar-refractivity contribution in [1.82, 2.24) is 4.90 Å². The highest BCUT2D eigenvalue weighted by atomic mass is 16.5. The highest BCUT2D eigenvalue weighted by Crippen LogP contribution is 2.28. The maximum atomic E-state index is 12.7. The minimum atomic E-state index is -0.278. The van der Waals surface area contributed by atoms with E-state index < -0.39 is 0 Å². The van der Waals surface area contributed by atoms with Crippen molar-refractivity contribution in [2.24, 2.45) is 0 Å². The van der Waals surface area contributed by atoms with Crippen LogP contribution in [0.1, 0.15) is 32.6 Å². The van der Waals surface area contributed by atoms with Crippen LogP contribution in [0.4, 0.5) is 5.69 Å². The van der Waals surface area contributed by atoms with Crippen LogP contribution in [0.25, 0.3) is 0 Å². The molecule has 0 radical (unpaired) electrons. The molecule has 2 saturated heterocycles. The van der Waals surface area contributed by atoms with Gasteiger partial charge < -0.3 is 4.74 Å². The molecule has 2 aliphatic heterocycles. The summed E-state index contributed by atoms with van der Waals surface area (Å²) < 4.78 is 5.40. The Morgan fingerprint density at radius 3 is 2.41 bits per heavy atom. The van der Waals surface area contributed by atoms with Crippen LogP contribution in [-0.2, 0) is 9.59 Å². The van der Waals surface area contributed by atoms with E-state index in [9.17, 15) is 9.59 Å². The van der Waals surface area contributed by atoms with Crippen LogP contribution in [0.3, 0.4) is 0 Å². The number of ether oxygens (including phenoxy) is 1. The van der Waals surface area contributed by atoms with E-state index in [1.807, 2.05) is 6.92 Å². The molecule has 3 rings (SSSR count). The van der Waals surface area contributed by atoms with Crippen molar-refractivity contribution >= 4 is 17.5 Å². The van der Waals surface area contributed by atoms with Gasteiger partial charge in [0, 0.05) is 0 Å². The highest BCUT2D eigenvalue weighted by molar-refractivity contribution is 6.22. The van der Waals surface area contributed by atoms with E-state index in [4.69, 9.17) is 4.74 Å². The number of hydrogen-bond acceptors (Lipinski definition) is 4. The number of hydrogen-bond donors (Lipinski definition) is 0. The van der Waals surface area contributed by atoms with Gasteiger partial charge in [-0.2, -0.15) is 0 Å². The fourth-order valence-electron chi connectivity index (χ4n) is 3.26. The Balaban J connectivity index is 1.76. The molecular formula is C17H22N2O3. The van der Waals surface area contributed by atoms with Gasteiger partial charge in [-0.05, 0) is 57.1 Å². The van der Waals surface area contributed by atoms with Crippen LogP contribution in [0.2, 0.25) is 0 Å². The zero-order chi connectivity index (χ0) is 15.5. The van der Waals surface area contributed by atoms with Gasteiger partial charge in [0.15, 0.2) is 0 Å². The lowest BCUT2D eigenvalue weighted by Gasteiger charge is -2.30. The van der Waals surface area contributed by atoms with Crippen LogP contribution < -0.4 is 9.64 Å². The number of amides is 2. The molecule has 118 valence electrons. The van der Waals surface area contributed by atoms with Gasteiger partial charge in [-0.25, -0.2) is 4.90 Å². The largest absolute Gasteiger partial charge is 0.494 e. The van der Waals surface area contributed by atoms with Crippen molar-refractivity contribution < 1.29 is 14.3 Å². The number of nitrogens with zero attached hydrogens (tertiary/aromatic N) is 2. The molecule has 0 N–H and O–H groups in total. The fourth-order valence-corrected chi connectivity index (χ4v) is 3.26. The van der Waals surface area contributed by atoms with Crippen molar-refractivity contribution in [1.29, 1.82) is 0 Å². The summed E-state index contributed by atoms with van der Waals surface area (Å²) >= 11 is 0. The Kier molecular flexibility index (Phi) is 4.43. The van der Waals surface area contributed by atoms with Gasteiger partial charge in [-0.3, -0.25) is 14.5 Å². The molecule has 0 spiro atoms. The van der Waals surface area contributed by atoms with Crippen LogP contribution in [-0.4, -0.2) is 42.5 Å². The Bertz CT molecular complexity index is 550. The zero-order valence-corrected chi connectivity index (χ0v) is 13.0. The molecule has 1 atom stereocenters. The third-order valence-corrected chi connectivity index (χ3v) is 4.36. The van der Waals surface area contributed by atoms with E-state index in [1.54, 1.807) is 24.3 Å². The molecule has 2 aliphatic rings. The normalized spacial score (nSPS) is 23.1. The van der Waals surface area contributed by atoms with E-state index in [2.05, 4.69) is 4.90 Å². The lowest BCUT2D eigenvalue weighted by Crippen LogP contribution is -2.44. The first-order valence-corrected chi connectivity index (χ1v) is 8.04. The van der Waals surface area contributed by atoms with Gasteiger partial charge in [-0.15, -0.1) is 0 Å². The highest BCUT2D eigenvalue weighted by Gasteiger charge is 2.42. The molecule has 22 heavy (non-hydrogen) atoms. The van der Waals surface area contributed by atoms with E-state index in [1.165, 1.54) is 11.3 Å². The maximum absolute atomic E-state index is 12.7. The first-order valence-electron chi connectivity index (χ1n) is 8.04. The molecule has 2 heterocycles. The molecule has 0 unspecified atom stereocenters. The standard InChI is InChI=1S/C17H22N2O3/c1-2-22-14-8-6-13(7-9-14)19-16(20)12-15(17(19)21)18-10-4-3-5-11-18/h6-9,15H,2-5,10-12H2,1H3/t15-/m0/s1. The molecule has 2 amide bonds. The molecule has 5 heteroatoms. The van der Waals surface area contributed by atoms with E-state index in [0.717, 1.165) is 31.7 Å². The molecule has 1 aromatic rings. The minimum Gasteiger partial charge on any atom is -0.494 e. The van der Waals surface area contributed by atoms with Gasteiger partial charge in [0.2, 0.25) is 5.91 Å². The van der Waals surface area contributed by atoms with Crippen molar-refractivity contribution in [3.05, 3.63) is 24.3 Å². The summed E-state index contributed by atoms with van der Waals surface area (Å²) in [5.41, 5.74) is 0.637. The lowest BCUT2D eigenvalue weighted by atomic mass is 10.1. The van der Waals surface area contributed by atoms with Gasteiger partial charge in [-0.1, -0.05) is 6.42 Å². The number of carbonyl (C=O) groups excluding carboxylic acids is 2. The molecule has 0 bridgehead atoms. The Morgan fingerprint density at radius 2 is 1.77 bits per heavy atom. The minimum absolute atomic E-state index is 0.0870. The number of anilines is 1. The zero-order valence-electron chi connectivity index (χ0n) is 13.0. The Morgan fingerprint density at radius 1 is 1.09 bits per heavy atom. The number of carbonyl (C=O) groups is 2. The number of rotatable bonds is 4. The van der Waals surface area contributed by atoms with E-state index in [-0.39, 0.29) is 17.9 Å². The third kappa shape index (κ3) is 2.86. The summed E-state index contributed by atoms with van der Waals surface area (Å²) in [7, 11) is 0. The topological polar surface area (TPSA) is 49.9 Å². The smallest absolute Gasteiger partial charge is 0.251 e. The van der Waals surface area contributed by atoms with Gasteiger partial charge in [0.1, 0.15) is 5.75 Å². The van der Waals surface area contributed by atoms with Crippen LogP contribution in [0.15, 0.2) is 24.3 Å². The number of imide groups is 1. The van der Waals surface area contributed by atoms with Crippen LogP contribution in [0, 0.1) is 0 Å². The summed E-state index contributed by atoms with van der Waals surface area (Å²) in [6.07, 6.45) is 3.74. The first-order chi connectivity index (χ1) is 10.7. The molecule has 0 saturated carbocycles. The van der Waals surface area contributed by atoms with Gasteiger partial charge >= 0.3 is 0 Å². The summed E-state index contributed by atoms with van der Waals surface area (Å²) in [5.74, 6) is 0.554. The summed E-state index contributed by atoms with van der Waals surface area (Å²) in [4.78, 5) is 28.4.